The Labute approximate surface area is 227 Å². The van der Waals surface area contributed by atoms with E-state index in [1.54, 1.807) is 7.11 Å². The molecule has 2 aliphatic heterocycles. The molecule has 3 heterocycles. The minimum atomic E-state index is -0.868. The fourth-order valence-corrected chi connectivity index (χ4v) is 6.03. The highest BCUT2D eigenvalue weighted by Crippen LogP contribution is 2.37. The third-order valence-corrected chi connectivity index (χ3v) is 8.72. The van der Waals surface area contributed by atoms with Gasteiger partial charge >= 0.3 is 6.03 Å². The number of halogens is 1. The Balaban J connectivity index is 1.35. The number of ether oxygens (including phenoxy) is 1. The number of hydrogen-bond donors (Lipinski definition) is 3. The molecule has 2 atom stereocenters. The van der Waals surface area contributed by atoms with Gasteiger partial charge in [-0.25, -0.2) is 14.2 Å². The molecule has 39 heavy (non-hydrogen) atoms. The number of amides is 5. The lowest BCUT2D eigenvalue weighted by atomic mass is 9.89. The van der Waals surface area contributed by atoms with Crippen molar-refractivity contribution in [3.05, 3.63) is 52.3 Å². The van der Waals surface area contributed by atoms with E-state index in [0.29, 0.717) is 10.8 Å². The SMILES string of the molecule is COc1ccc2nc(C(C)(NC(=O)Nc3ccc4c(c3F)CN(C3CCC(=O)NC3=O)C4=O)C(C)C)sc2c1. The molecule has 2 aliphatic rings. The summed E-state index contributed by atoms with van der Waals surface area (Å²) in [5, 5.41) is 8.45. The number of nitrogens with one attached hydrogen (secondary N) is 3. The van der Waals surface area contributed by atoms with E-state index in [1.165, 1.54) is 28.4 Å². The zero-order valence-electron chi connectivity index (χ0n) is 21.9. The van der Waals surface area contributed by atoms with E-state index in [2.05, 4.69) is 16.0 Å². The predicted octanol–water partition coefficient (Wildman–Crippen LogP) is 3.90. The number of thiazole rings is 1. The summed E-state index contributed by atoms with van der Waals surface area (Å²) in [6.07, 6.45) is 0.272. The van der Waals surface area contributed by atoms with Crippen LogP contribution in [0.4, 0.5) is 14.9 Å². The summed E-state index contributed by atoms with van der Waals surface area (Å²) < 4.78 is 21.7. The van der Waals surface area contributed by atoms with E-state index in [0.717, 1.165) is 10.2 Å². The maximum absolute atomic E-state index is 15.5. The summed E-state index contributed by atoms with van der Waals surface area (Å²) in [7, 11) is 1.59. The molecule has 0 saturated carbocycles. The molecule has 0 spiro atoms. The molecule has 3 aromatic rings. The average molecular weight is 554 g/mol. The summed E-state index contributed by atoms with van der Waals surface area (Å²) in [5.41, 5.74) is 0.0330. The number of rotatable bonds is 6. The zero-order chi connectivity index (χ0) is 28.1. The van der Waals surface area contributed by atoms with Crippen LogP contribution >= 0.6 is 11.3 Å². The molecule has 5 rings (SSSR count). The molecule has 3 N–H and O–H groups in total. The van der Waals surface area contributed by atoms with Crippen LogP contribution in [0.3, 0.4) is 0 Å². The largest absolute Gasteiger partial charge is 0.497 e. The van der Waals surface area contributed by atoms with Crippen LogP contribution < -0.4 is 20.7 Å². The lowest BCUT2D eigenvalue weighted by Gasteiger charge is -2.32. The van der Waals surface area contributed by atoms with Crippen LogP contribution in [0.1, 0.15) is 54.5 Å². The fourth-order valence-electron chi connectivity index (χ4n) is 4.79. The number of aromatic nitrogens is 1. The number of benzene rings is 2. The second-order valence-corrected chi connectivity index (χ2v) is 11.2. The smallest absolute Gasteiger partial charge is 0.320 e. The Morgan fingerprint density at radius 3 is 2.72 bits per heavy atom. The zero-order valence-corrected chi connectivity index (χ0v) is 22.7. The van der Waals surface area contributed by atoms with Crippen molar-refractivity contribution in [3.63, 3.8) is 0 Å². The topological polar surface area (TPSA) is 130 Å². The van der Waals surface area contributed by atoms with E-state index in [9.17, 15) is 19.2 Å². The van der Waals surface area contributed by atoms with Gasteiger partial charge in [-0.05, 0) is 49.6 Å². The second kappa shape index (κ2) is 9.92. The first kappa shape index (κ1) is 26.5. The molecule has 1 fully saturated rings. The van der Waals surface area contributed by atoms with E-state index >= 15 is 4.39 Å². The maximum atomic E-state index is 15.5. The van der Waals surface area contributed by atoms with Gasteiger partial charge in [-0.2, -0.15) is 0 Å². The normalized spacial score (nSPS) is 18.7. The van der Waals surface area contributed by atoms with Crippen LogP contribution in [0.5, 0.6) is 5.75 Å². The van der Waals surface area contributed by atoms with Gasteiger partial charge in [0.15, 0.2) is 5.82 Å². The number of carbonyl (C=O) groups excluding carboxylic acids is 4. The monoisotopic (exact) mass is 553 g/mol. The number of anilines is 1. The molecular formula is C27H28FN5O5S. The third-order valence-electron chi connectivity index (χ3n) is 7.47. The summed E-state index contributed by atoms with van der Waals surface area (Å²) in [6, 6.07) is 6.84. The van der Waals surface area contributed by atoms with Crippen LogP contribution in [0.15, 0.2) is 30.3 Å². The molecule has 204 valence electrons. The fraction of sp³-hybridized carbons (Fsp3) is 0.370. The molecule has 1 aromatic heterocycles. The van der Waals surface area contributed by atoms with Crippen molar-refractivity contribution in [1.82, 2.24) is 20.5 Å². The van der Waals surface area contributed by atoms with Crippen molar-refractivity contribution in [2.24, 2.45) is 5.92 Å². The quantitative estimate of drug-likeness (QED) is 0.397. The van der Waals surface area contributed by atoms with Gasteiger partial charge in [-0.1, -0.05) is 13.8 Å². The number of methoxy groups -OCH3 is 1. The number of fused-ring (bicyclic) bond motifs is 2. The summed E-state index contributed by atoms with van der Waals surface area (Å²) in [6.45, 7) is 5.64. The molecular weight excluding hydrogens is 525 g/mol. The molecule has 0 aliphatic carbocycles. The minimum Gasteiger partial charge on any atom is -0.497 e. The predicted molar refractivity (Wildman–Crippen MR) is 143 cm³/mol. The van der Waals surface area contributed by atoms with Crippen molar-refractivity contribution in [3.8, 4) is 5.75 Å². The average Bonchev–Trinajstić information content (AvgIpc) is 3.47. The molecule has 10 nitrogen and oxygen atoms in total. The second-order valence-electron chi connectivity index (χ2n) is 10.1. The summed E-state index contributed by atoms with van der Waals surface area (Å²) in [4.78, 5) is 55.8. The number of imide groups is 1. The Morgan fingerprint density at radius 1 is 1.26 bits per heavy atom. The van der Waals surface area contributed by atoms with Gasteiger partial charge in [0, 0.05) is 17.5 Å². The van der Waals surface area contributed by atoms with Crippen LogP contribution in [0.25, 0.3) is 10.2 Å². The van der Waals surface area contributed by atoms with Gasteiger partial charge in [0.05, 0.1) is 35.1 Å². The van der Waals surface area contributed by atoms with Crippen LogP contribution in [0, 0.1) is 11.7 Å². The Hall–Kier alpha value is -4.06. The first-order chi connectivity index (χ1) is 18.5. The lowest BCUT2D eigenvalue weighted by molar-refractivity contribution is -0.136. The van der Waals surface area contributed by atoms with Crippen LogP contribution in [-0.2, 0) is 21.7 Å². The van der Waals surface area contributed by atoms with Gasteiger partial charge < -0.3 is 20.3 Å². The Kier molecular flexibility index (Phi) is 6.75. The molecule has 5 amide bonds. The number of piperidine rings is 1. The molecule has 0 bridgehead atoms. The maximum Gasteiger partial charge on any atom is 0.320 e. The standard InChI is InChI=1S/C27H28FN5O5S/c1-13(2)27(3,25-29-17-7-5-14(38-4)11-20(17)39-25)32-26(37)30-18-8-6-15-16(22(18)28)12-33(24(15)36)19-9-10-21(34)31-23(19)35/h5-8,11,13,19H,9-10,12H2,1-4H3,(H2,30,32,37)(H,31,34,35). The molecule has 2 unspecified atom stereocenters. The number of urea groups is 1. The molecule has 0 radical (unpaired) electrons. The molecule has 12 heteroatoms. The first-order valence-corrected chi connectivity index (χ1v) is 13.3. The van der Waals surface area contributed by atoms with Crippen LogP contribution in [-0.4, -0.2) is 46.8 Å². The van der Waals surface area contributed by atoms with E-state index < -0.39 is 41.2 Å². The van der Waals surface area contributed by atoms with Gasteiger partial charge in [0.25, 0.3) is 5.91 Å². The first-order valence-electron chi connectivity index (χ1n) is 12.5. The molecule has 2 aromatic carbocycles. The highest BCUT2D eigenvalue weighted by atomic mass is 32.1. The van der Waals surface area contributed by atoms with Crippen molar-refractivity contribution in [1.29, 1.82) is 0 Å². The van der Waals surface area contributed by atoms with E-state index in [-0.39, 0.29) is 42.1 Å². The lowest BCUT2D eigenvalue weighted by Crippen LogP contribution is -2.52. The van der Waals surface area contributed by atoms with Gasteiger partial charge in [0.1, 0.15) is 16.8 Å². The van der Waals surface area contributed by atoms with Crippen molar-refractivity contribution in [2.45, 2.75) is 51.7 Å². The van der Waals surface area contributed by atoms with E-state index in [4.69, 9.17) is 9.72 Å². The van der Waals surface area contributed by atoms with Crippen LogP contribution in [0.2, 0.25) is 0 Å². The van der Waals surface area contributed by atoms with Gasteiger partial charge in [-0.3, -0.25) is 19.7 Å². The number of nitrogens with zero attached hydrogens (tertiary/aromatic N) is 2. The third kappa shape index (κ3) is 4.69. The van der Waals surface area contributed by atoms with Crippen molar-refractivity contribution < 1.29 is 28.3 Å². The minimum absolute atomic E-state index is 0.0599. The summed E-state index contributed by atoms with van der Waals surface area (Å²) >= 11 is 1.44. The number of hydrogen-bond acceptors (Lipinski definition) is 7. The van der Waals surface area contributed by atoms with Gasteiger partial charge in [0.2, 0.25) is 11.8 Å². The van der Waals surface area contributed by atoms with Gasteiger partial charge in [-0.15, -0.1) is 11.3 Å². The Bertz CT molecular complexity index is 1520. The molecule has 1 saturated heterocycles. The highest BCUT2D eigenvalue weighted by Gasteiger charge is 2.41. The summed E-state index contributed by atoms with van der Waals surface area (Å²) in [5.74, 6) is -1.57. The highest BCUT2D eigenvalue weighted by molar-refractivity contribution is 7.18. The Morgan fingerprint density at radius 2 is 2.03 bits per heavy atom. The van der Waals surface area contributed by atoms with E-state index in [1.807, 2.05) is 39.0 Å². The van der Waals surface area contributed by atoms with Crippen molar-refractivity contribution in [2.75, 3.05) is 12.4 Å². The van der Waals surface area contributed by atoms with Crippen molar-refractivity contribution >= 4 is 51.0 Å². The number of carbonyl (C=O) groups is 4.